The van der Waals surface area contributed by atoms with Gasteiger partial charge in [0.15, 0.2) is 0 Å². The number of hydrogen-bond acceptors (Lipinski definition) is 4. The summed E-state index contributed by atoms with van der Waals surface area (Å²) >= 11 is 0. The maximum absolute atomic E-state index is 13.5. The topological polar surface area (TPSA) is 106 Å². The van der Waals surface area contributed by atoms with Crippen LogP contribution in [-0.4, -0.2) is 16.8 Å². The first-order chi connectivity index (χ1) is 10.2. The zero-order chi connectivity index (χ0) is 16.4. The molecule has 0 heterocycles. The Labute approximate surface area is 127 Å². The molecule has 0 fully saturated rings. The van der Waals surface area contributed by atoms with E-state index in [4.69, 9.17) is 5.14 Å². The molecule has 0 aliphatic rings. The van der Waals surface area contributed by atoms with E-state index in [-0.39, 0.29) is 11.4 Å². The van der Waals surface area contributed by atoms with Gasteiger partial charge in [0.1, 0.15) is 10.7 Å². The van der Waals surface area contributed by atoms with Gasteiger partial charge in [0, 0.05) is 5.69 Å². The third-order valence-electron chi connectivity index (χ3n) is 2.70. The number of rotatable bonds is 5. The molecule has 0 saturated carbocycles. The van der Waals surface area contributed by atoms with Gasteiger partial charge in [-0.05, 0) is 29.8 Å². The molecule has 6 nitrogen and oxygen atoms in total. The van der Waals surface area contributed by atoms with E-state index in [9.17, 15) is 21.2 Å². The predicted molar refractivity (Wildman–Crippen MR) is 80.5 cm³/mol. The van der Waals surface area contributed by atoms with E-state index in [1.54, 1.807) is 0 Å². The van der Waals surface area contributed by atoms with Crippen molar-refractivity contribution >= 4 is 25.7 Å². The van der Waals surface area contributed by atoms with E-state index >= 15 is 0 Å². The summed E-state index contributed by atoms with van der Waals surface area (Å²) in [7, 11) is -7.72. The Morgan fingerprint density at radius 1 is 0.955 bits per heavy atom. The summed E-state index contributed by atoms with van der Waals surface area (Å²) in [5.74, 6) is -1.21. The molecule has 3 N–H and O–H groups in total. The molecule has 2 aromatic carbocycles. The number of primary sulfonamides is 1. The molecule has 0 saturated heterocycles. The minimum atomic E-state index is -4.06. The van der Waals surface area contributed by atoms with Crippen molar-refractivity contribution in [2.24, 2.45) is 5.14 Å². The van der Waals surface area contributed by atoms with Gasteiger partial charge in [-0.15, -0.1) is 0 Å². The number of anilines is 1. The molecule has 118 valence electrons. The lowest BCUT2D eigenvalue weighted by molar-refractivity contribution is 0.570. The zero-order valence-electron chi connectivity index (χ0n) is 11.2. The van der Waals surface area contributed by atoms with Crippen LogP contribution in [0.5, 0.6) is 0 Å². The van der Waals surface area contributed by atoms with Crippen LogP contribution in [0.3, 0.4) is 0 Å². The van der Waals surface area contributed by atoms with Gasteiger partial charge in [0.05, 0.1) is 5.75 Å². The Bertz CT molecular complexity index is 879. The van der Waals surface area contributed by atoms with Crippen LogP contribution in [0, 0.1) is 5.82 Å². The van der Waals surface area contributed by atoms with Crippen LogP contribution in [0.1, 0.15) is 5.56 Å². The molecule has 9 heteroatoms. The van der Waals surface area contributed by atoms with Gasteiger partial charge < -0.3 is 0 Å². The summed E-state index contributed by atoms with van der Waals surface area (Å²) in [4.78, 5) is -0.469. The summed E-state index contributed by atoms with van der Waals surface area (Å²) in [5, 5.41) is 4.92. The first-order valence-electron chi connectivity index (χ1n) is 6.04. The second-order valence-corrected chi connectivity index (χ2v) is 7.81. The SMILES string of the molecule is NS(=O)(=O)Cc1ccc(NS(=O)(=O)c2ccccc2F)cc1. The minimum absolute atomic E-state index is 0.182. The average Bonchev–Trinajstić information content (AvgIpc) is 2.39. The van der Waals surface area contributed by atoms with Crippen LogP contribution in [-0.2, 0) is 25.8 Å². The number of hydrogen-bond donors (Lipinski definition) is 2. The Hall–Kier alpha value is -1.97. The lowest BCUT2D eigenvalue weighted by Gasteiger charge is -2.09. The van der Waals surface area contributed by atoms with Gasteiger partial charge >= 0.3 is 0 Å². The molecule has 0 unspecified atom stereocenters. The van der Waals surface area contributed by atoms with E-state index in [2.05, 4.69) is 4.72 Å². The molecule has 0 aliphatic carbocycles. The smallest absolute Gasteiger partial charge is 0.264 e. The molecule has 2 aromatic rings. The van der Waals surface area contributed by atoms with Crippen LogP contribution >= 0.6 is 0 Å². The first kappa shape index (κ1) is 16.4. The van der Waals surface area contributed by atoms with Crippen molar-refractivity contribution < 1.29 is 21.2 Å². The standard InChI is InChI=1S/C13H13FN2O4S2/c14-12-3-1-2-4-13(12)22(19,20)16-11-7-5-10(6-8-11)9-21(15,17)18/h1-8,16H,9H2,(H2,15,17,18). The number of nitrogens with two attached hydrogens (primary N) is 1. The molecule has 22 heavy (non-hydrogen) atoms. The molecular formula is C13H13FN2O4S2. The molecule has 0 aromatic heterocycles. The van der Waals surface area contributed by atoms with Crippen molar-refractivity contribution in [2.45, 2.75) is 10.6 Å². The Kier molecular flexibility index (Phi) is 4.50. The fourth-order valence-corrected chi connectivity index (χ4v) is 3.57. The number of halogens is 1. The highest BCUT2D eigenvalue weighted by molar-refractivity contribution is 7.92. The van der Waals surface area contributed by atoms with E-state index < -0.39 is 30.8 Å². The Morgan fingerprint density at radius 3 is 2.09 bits per heavy atom. The molecule has 0 spiro atoms. The maximum Gasteiger partial charge on any atom is 0.264 e. The minimum Gasteiger partial charge on any atom is -0.280 e. The van der Waals surface area contributed by atoms with Crippen LogP contribution in [0.2, 0.25) is 0 Å². The molecule has 0 amide bonds. The van der Waals surface area contributed by atoms with E-state index in [1.807, 2.05) is 0 Å². The molecule has 2 rings (SSSR count). The zero-order valence-corrected chi connectivity index (χ0v) is 12.9. The third-order valence-corrected chi connectivity index (χ3v) is 4.85. The summed E-state index contributed by atoms with van der Waals surface area (Å²) < 4.78 is 61.8. The molecule has 0 atom stereocenters. The second-order valence-electron chi connectivity index (χ2n) is 4.54. The molecule has 0 radical (unpaired) electrons. The maximum atomic E-state index is 13.5. The van der Waals surface area contributed by atoms with Crippen LogP contribution in [0.25, 0.3) is 0 Å². The molecule has 0 aliphatic heterocycles. The van der Waals surface area contributed by atoms with Crippen molar-refractivity contribution in [3.8, 4) is 0 Å². The fourth-order valence-electron chi connectivity index (χ4n) is 1.77. The lowest BCUT2D eigenvalue weighted by atomic mass is 10.2. The monoisotopic (exact) mass is 344 g/mol. The van der Waals surface area contributed by atoms with Gasteiger partial charge in [0.25, 0.3) is 10.0 Å². The average molecular weight is 344 g/mol. The predicted octanol–water partition coefficient (Wildman–Crippen LogP) is 1.41. The lowest BCUT2D eigenvalue weighted by Crippen LogP contribution is -2.15. The summed E-state index contributed by atoms with van der Waals surface area (Å²) in [6.45, 7) is 0. The summed E-state index contributed by atoms with van der Waals surface area (Å²) in [6.07, 6.45) is 0. The fraction of sp³-hybridized carbons (Fsp3) is 0.0769. The molecule has 0 bridgehead atoms. The van der Waals surface area contributed by atoms with Crippen LogP contribution < -0.4 is 9.86 Å². The van der Waals surface area contributed by atoms with Gasteiger partial charge in [-0.25, -0.2) is 26.4 Å². The highest BCUT2D eigenvalue weighted by Gasteiger charge is 2.18. The second kappa shape index (κ2) is 6.03. The van der Waals surface area contributed by atoms with Gasteiger partial charge in [0.2, 0.25) is 10.0 Å². The van der Waals surface area contributed by atoms with Crippen molar-refractivity contribution in [1.29, 1.82) is 0 Å². The van der Waals surface area contributed by atoms with E-state index in [0.717, 1.165) is 12.1 Å². The summed E-state index contributed by atoms with van der Waals surface area (Å²) in [6, 6.07) is 10.6. The van der Waals surface area contributed by atoms with Gasteiger partial charge in [-0.2, -0.15) is 0 Å². The van der Waals surface area contributed by atoms with E-state index in [0.29, 0.717) is 5.56 Å². The Morgan fingerprint density at radius 2 is 1.55 bits per heavy atom. The van der Waals surface area contributed by atoms with Crippen molar-refractivity contribution in [3.05, 3.63) is 59.9 Å². The van der Waals surface area contributed by atoms with Crippen LogP contribution in [0.4, 0.5) is 10.1 Å². The van der Waals surface area contributed by atoms with E-state index in [1.165, 1.54) is 36.4 Å². The highest BCUT2D eigenvalue weighted by Crippen LogP contribution is 2.19. The van der Waals surface area contributed by atoms with Crippen molar-refractivity contribution in [2.75, 3.05) is 4.72 Å². The van der Waals surface area contributed by atoms with Gasteiger partial charge in [-0.3, -0.25) is 4.72 Å². The molecular weight excluding hydrogens is 331 g/mol. The number of nitrogens with one attached hydrogen (secondary N) is 1. The number of benzene rings is 2. The first-order valence-corrected chi connectivity index (χ1v) is 9.24. The number of sulfonamides is 2. The highest BCUT2D eigenvalue weighted by atomic mass is 32.2. The Balaban J connectivity index is 2.22. The van der Waals surface area contributed by atoms with Gasteiger partial charge in [-0.1, -0.05) is 24.3 Å². The normalized spacial score (nSPS) is 12.1. The third kappa shape index (κ3) is 4.26. The largest absolute Gasteiger partial charge is 0.280 e. The van der Waals surface area contributed by atoms with Crippen molar-refractivity contribution in [1.82, 2.24) is 0 Å². The van der Waals surface area contributed by atoms with Crippen molar-refractivity contribution in [3.63, 3.8) is 0 Å². The quantitative estimate of drug-likeness (QED) is 0.855. The van der Waals surface area contributed by atoms with Crippen LogP contribution in [0.15, 0.2) is 53.4 Å². The summed E-state index contributed by atoms with van der Waals surface area (Å²) in [5.41, 5.74) is 0.595.